The molecule has 23 heavy (non-hydrogen) atoms. The second kappa shape index (κ2) is 5.61. The number of rotatable bonds is 3. The molecule has 5 nitrogen and oxygen atoms in total. The number of nitrogens with zero attached hydrogens (tertiary/aromatic N) is 1. The molecular weight excluding hydrogens is 290 g/mol. The van der Waals surface area contributed by atoms with Crippen molar-refractivity contribution in [2.75, 3.05) is 5.32 Å². The van der Waals surface area contributed by atoms with Crippen LogP contribution in [-0.2, 0) is 7.05 Å². The maximum atomic E-state index is 12.7. The average Bonchev–Trinajstić information content (AvgIpc) is 2.80. The van der Waals surface area contributed by atoms with Crippen LogP contribution in [0.25, 0.3) is 10.9 Å². The first-order chi connectivity index (χ1) is 11.0. The Bertz CT molecular complexity index is 908. The van der Waals surface area contributed by atoms with Gasteiger partial charge in [-0.1, -0.05) is 18.2 Å². The fraction of sp³-hybridized carbons (Fsp3) is 0.111. The number of primary amides is 1. The lowest BCUT2D eigenvalue weighted by Crippen LogP contribution is -2.14. The molecular formula is C18H17N3O2. The van der Waals surface area contributed by atoms with E-state index in [4.69, 9.17) is 5.73 Å². The van der Waals surface area contributed by atoms with E-state index in [1.54, 1.807) is 24.3 Å². The zero-order valence-electron chi connectivity index (χ0n) is 13.0. The minimum Gasteiger partial charge on any atom is -0.366 e. The summed E-state index contributed by atoms with van der Waals surface area (Å²) in [5.41, 5.74) is 8.80. The smallest absolute Gasteiger partial charge is 0.258 e. The largest absolute Gasteiger partial charge is 0.366 e. The lowest BCUT2D eigenvalue weighted by molar-refractivity contribution is 0.0998. The van der Waals surface area contributed by atoms with Crippen molar-refractivity contribution in [3.05, 3.63) is 65.4 Å². The van der Waals surface area contributed by atoms with Gasteiger partial charge in [-0.2, -0.15) is 0 Å². The van der Waals surface area contributed by atoms with Crippen LogP contribution in [0, 0.1) is 6.92 Å². The topological polar surface area (TPSA) is 77.1 Å². The van der Waals surface area contributed by atoms with Crippen molar-refractivity contribution in [2.45, 2.75) is 6.92 Å². The van der Waals surface area contributed by atoms with Crippen LogP contribution in [0.5, 0.6) is 0 Å². The molecule has 1 heterocycles. The molecule has 0 atom stereocenters. The minimum atomic E-state index is -0.493. The predicted molar refractivity (Wildman–Crippen MR) is 90.6 cm³/mol. The Hall–Kier alpha value is -3.08. The molecule has 116 valence electrons. The van der Waals surface area contributed by atoms with Crippen LogP contribution in [0.15, 0.2) is 48.5 Å². The lowest BCUT2D eigenvalue weighted by Gasteiger charge is -2.06. The molecule has 0 bridgehead atoms. The molecule has 0 fully saturated rings. The molecule has 0 aliphatic heterocycles. The number of para-hydroxylation sites is 1. The quantitative estimate of drug-likeness (QED) is 0.780. The summed E-state index contributed by atoms with van der Waals surface area (Å²) >= 11 is 0. The predicted octanol–water partition coefficient (Wildman–Crippen LogP) is 2.84. The molecule has 0 unspecified atom stereocenters. The number of hydrogen-bond donors (Lipinski definition) is 2. The van der Waals surface area contributed by atoms with Crippen molar-refractivity contribution in [1.29, 1.82) is 0 Å². The van der Waals surface area contributed by atoms with Gasteiger partial charge >= 0.3 is 0 Å². The number of fused-ring (bicyclic) bond motifs is 1. The molecule has 0 saturated heterocycles. The van der Waals surface area contributed by atoms with Gasteiger partial charge in [0.15, 0.2) is 0 Å². The van der Waals surface area contributed by atoms with Crippen LogP contribution in [0.4, 0.5) is 5.69 Å². The summed E-state index contributed by atoms with van der Waals surface area (Å²) < 4.78 is 2.00. The van der Waals surface area contributed by atoms with Crippen LogP contribution < -0.4 is 11.1 Å². The van der Waals surface area contributed by atoms with Gasteiger partial charge in [0.25, 0.3) is 5.91 Å². The molecule has 5 heteroatoms. The third-order valence-electron chi connectivity index (χ3n) is 4.05. The van der Waals surface area contributed by atoms with Crippen molar-refractivity contribution in [3.63, 3.8) is 0 Å². The summed E-state index contributed by atoms with van der Waals surface area (Å²) in [6, 6.07) is 14.3. The highest BCUT2D eigenvalue weighted by molar-refractivity contribution is 6.14. The first-order valence-corrected chi connectivity index (χ1v) is 7.24. The fourth-order valence-corrected chi connectivity index (χ4v) is 2.72. The van der Waals surface area contributed by atoms with E-state index in [2.05, 4.69) is 5.32 Å². The van der Waals surface area contributed by atoms with E-state index in [9.17, 15) is 9.59 Å². The number of aryl methyl sites for hydroxylation is 1. The lowest BCUT2D eigenvalue weighted by atomic mass is 10.1. The number of nitrogens with one attached hydrogen (secondary N) is 1. The summed E-state index contributed by atoms with van der Waals surface area (Å²) in [4.78, 5) is 23.7. The number of anilines is 1. The molecule has 0 aliphatic rings. The van der Waals surface area contributed by atoms with Crippen LogP contribution in [-0.4, -0.2) is 16.4 Å². The van der Waals surface area contributed by atoms with Crippen molar-refractivity contribution in [3.8, 4) is 0 Å². The zero-order chi connectivity index (χ0) is 16.6. The molecule has 2 aromatic carbocycles. The molecule has 3 rings (SSSR count). The van der Waals surface area contributed by atoms with Gasteiger partial charge in [0.2, 0.25) is 5.91 Å². The van der Waals surface area contributed by atoms with Crippen LogP contribution in [0.1, 0.15) is 26.4 Å². The van der Waals surface area contributed by atoms with E-state index in [1.807, 2.05) is 42.8 Å². The molecule has 1 aromatic heterocycles. The number of nitrogens with two attached hydrogens (primary N) is 1. The molecule has 3 aromatic rings. The Morgan fingerprint density at radius 2 is 1.70 bits per heavy atom. The molecule has 0 radical (unpaired) electrons. The Labute approximate surface area is 133 Å². The second-order valence-corrected chi connectivity index (χ2v) is 5.43. The Morgan fingerprint density at radius 3 is 2.35 bits per heavy atom. The van der Waals surface area contributed by atoms with Gasteiger partial charge in [-0.05, 0) is 37.3 Å². The highest BCUT2D eigenvalue weighted by Crippen LogP contribution is 2.25. The fourth-order valence-electron chi connectivity index (χ4n) is 2.72. The van der Waals surface area contributed by atoms with E-state index in [-0.39, 0.29) is 5.91 Å². The zero-order valence-corrected chi connectivity index (χ0v) is 13.0. The van der Waals surface area contributed by atoms with Gasteiger partial charge in [0, 0.05) is 34.9 Å². The van der Waals surface area contributed by atoms with Crippen molar-refractivity contribution >= 4 is 28.4 Å². The number of carbonyl (C=O) groups excluding carboxylic acids is 2. The molecule has 3 N–H and O–H groups in total. The number of aromatic nitrogens is 1. The second-order valence-electron chi connectivity index (χ2n) is 5.43. The first-order valence-electron chi connectivity index (χ1n) is 7.24. The molecule has 0 saturated carbocycles. The van der Waals surface area contributed by atoms with E-state index in [0.29, 0.717) is 16.8 Å². The molecule has 0 spiro atoms. The highest BCUT2D eigenvalue weighted by Gasteiger charge is 2.18. The highest BCUT2D eigenvalue weighted by atomic mass is 16.2. The number of benzene rings is 2. The van der Waals surface area contributed by atoms with Crippen LogP contribution >= 0.6 is 0 Å². The number of hydrogen-bond acceptors (Lipinski definition) is 2. The average molecular weight is 307 g/mol. The summed E-state index contributed by atoms with van der Waals surface area (Å²) in [6.07, 6.45) is 0. The molecule has 0 aliphatic carbocycles. The van der Waals surface area contributed by atoms with Crippen LogP contribution in [0.2, 0.25) is 0 Å². The van der Waals surface area contributed by atoms with Gasteiger partial charge in [0.1, 0.15) is 0 Å². The van der Waals surface area contributed by atoms with Crippen molar-refractivity contribution in [1.82, 2.24) is 4.57 Å². The summed E-state index contributed by atoms with van der Waals surface area (Å²) in [5, 5.41) is 3.78. The van der Waals surface area contributed by atoms with E-state index < -0.39 is 5.91 Å². The van der Waals surface area contributed by atoms with Crippen molar-refractivity contribution in [2.24, 2.45) is 12.8 Å². The van der Waals surface area contributed by atoms with Gasteiger partial charge < -0.3 is 15.6 Å². The van der Waals surface area contributed by atoms with Crippen molar-refractivity contribution < 1.29 is 9.59 Å². The van der Waals surface area contributed by atoms with E-state index >= 15 is 0 Å². The van der Waals surface area contributed by atoms with Gasteiger partial charge in [-0.3, -0.25) is 9.59 Å². The Balaban J connectivity index is 1.95. The Kier molecular flexibility index (Phi) is 3.62. The van der Waals surface area contributed by atoms with Gasteiger partial charge in [-0.15, -0.1) is 0 Å². The monoisotopic (exact) mass is 307 g/mol. The Morgan fingerprint density at radius 1 is 1.04 bits per heavy atom. The maximum absolute atomic E-state index is 12.7. The summed E-state index contributed by atoms with van der Waals surface area (Å²) in [5.74, 6) is -0.668. The standard InChI is InChI=1S/C18H17N3O2/c1-11-16(14-5-3-4-6-15(14)21(11)2)18(23)20-13-9-7-12(8-10-13)17(19)22/h3-10H,1-2H3,(H2,19,22)(H,20,23). The maximum Gasteiger partial charge on any atom is 0.258 e. The van der Waals surface area contributed by atoms with E-state index in [0.717, 1.165) is 16.6 Å². The first kappa shape index (κ1) is 14.8. The van der Waals surface area contributed by atoms with Gasteiger partial charge in [0.05, 0.1) is 5.56 Å². The normalized spacial score (nSPS) is 10.7. The third-order valence-corrected chi connectivity index (χ3v) is 4.05. The SMILES string of the molecule is Cc1c(C(=O)Nc2ccc(C(N)=O)cc2)c2ccccc2n1C. The van der Waals surface area contributed by atoms with Crippen LogP contribution in [0.3, 0.4) is 0 Å². The third kappa shape index (κ3) is 2.57. The number of carbonyl (C=O) groups is 2. The van der Waals surface area contributed by atoms with Gasteiger partial charge in [-0.25, -0.2) is 0 Å². The minimum absolute atomic E-state index is 0.175. The van der Waals surface area contributed by atoms with E-state index in [1.165, 1.54) is 0 Å². The summed E-state index contributed by atoms with van der Waals surface area (Å²) in [6.45, 7) is 1.92. The summed E-state index contributed by atoms with van der Waals surface area (Å²) in [7, 11) is 1.94. The molecule has 2 amide bonds. The number of amides is 2.